The molecular formula is C45H87N7O2. The molecule has 0 spiro atoms. The topological polar surface area (TPSA) is 67.5 Å². The van der Waals surface area contributed by atoms with Crippen molar-refractivity contribution in [2.24, 2.45) is 23.2 Å². The van der Waals surface area contributed by atoms with Crippen LogP contribution in [0.4, 0.5) is 0 Å². The molecular weight excluding hydrogens is 671 g/mol. The predicted molar refractivity (Wildman–Crippen MR) is 225 cm³/mol. The van der Waals surface area contributed by atoms with Crippen LogP contribution in [0.15, 0.2) is 0 Å². The van der Waals surface area contributed by atoms with E-state index in [2.05, 4.69) is 97.9 Å². The van der Waals surface area contributed by atoms with E-state index in [1.165, 1.54) is 130 Å². The van der Waals surface area contributed by atoms with E-state index < -0.39 is 0 Å². The average Bonchev–Trinajstić information content (AvgIpc) is 3.09. The maximum atomic E-state index is 6.79. The van der Waals surface area contributed by atoms with Crippen molar-refractivity contribution < 1.29 is 9.47 Å². The molecule has 0 aromatic heterocycles. The Morgan fingerprint density at radius 3 is 2.09 bits per heavy atom. The van der Waals surface area contributed by atoms with E-state index in [0.717, 1.165) is 50.5 Å². The number of hydrogen-bond acceptors (Lipinski definition) is 9. The number of piperazine rings is 2. The summed E-state index contributed by atoms with van der Waals surface area (Å²) in [5.74, 6) is 2.26. The molecule has 0 aromatic carbocycles. The summed E-state index contributed by atoms with van der Waals surface area (Å²) >= 11 is 0. The molecule has 5 atom stereocenters. The van der Waals surface area contributed by atoms with Gasteiger partial charge in [-0.05, 0) is 162 Å². The minimum absolute atomic E-state index is 0.0756. The highest BCUT2D eigenvalue weighted by atomic mass is 16.5. The molecule has 9 nitrogen and oxygen atoms in total. The molecule has 54 heavy (non-hydrogen) atoms. The maximum Gasteiger partial charge on any atom is 0.0836 e. The standard InChI is InChI=1S/C45H87N7O2/c1-35-28-48-22-23-50(35)30-37-10-11-40(53-42(2,3)4)26-38(37)27-45(9)34-49(24-25-52(45)29-36-12-18-46-19-13-36)33-43(5,6)16-17-44(7,8)54-41-31-51(32-41)39-14-20-47-21-15-39/h35-41,46-48H,10-34H2,1-9H3/t35-,37+,38?,40-,45?/m0/s1. The van der Waals surface area contributed by atoms with Gasteiger partial charge >= 0.3 is 0 Å². The molecule has 3 N–H and O–H groups in total. The summed E-state index contributed by atoms with van der Waals surface area (Å²) in [6, 6.07) is 1.39. The van der Waals surface area contributed by atoms with Crippen LogP contribution < -0.4 is 16.0 Å². The van der Waals surface area contributed by atoms with Gasteiger partial charge in [-0.25, -0.2) is 0 Å². The third kappa shape index (κ3) is 12.6. The van der Waals surface area contributed by atoms with E-state index in [0.29, 0.717) is 24.2 Å². The Morgan fingerprint density at radius 2 is 1.41 bits per heavy atom. The number of nitrogens with one attached hydrogen (secondary N) is 3. The Hall–Kier alpha value is -0.360. The largest absolute Gasteiger partial charge is 0.373 e. The van der Waals surface area contributed by atoms with Crippen molar-refractivity contribution in [3.8, 4) is 0 Å². The van der Waals surface area contributed by atoms with Crippen LogP contribution in [0.25, 0.3) is 0 Å². The normalized spacial score (nSPS) is 33.3. The van der Waals surface area contributed by atoms with Crippen LogP contribution in [-0.2, 0) is 9.47 Å². The zero-order chi connectivity index (χ0) is 38.6. The van der Waals surface area contributed by atoms with E-state index >= 15 is 0 Å². The summed E-state index contributed by atoms with van der Waals surface area (Å²) in [7, 11) is 0. The second-order valence-electron chi connectivity index (χ2n) is 21.9. The molecule has 0 amide bonds. The molecule has 1 saturated carbocycles. The van der Waals surface area contributed by atoms with E-state index in [-0.39, 0.29) is 22.2 Å². The molecule has 6 fully saturated rings. The highest BCUT2D eigenvalue weighted by molar-refractivity contribution is 5.00. The summed E-state index contributed by atoms with van der Waals surface area (Å²) in [5, 5.41) is 10.8. The van der Waals surface area contributed by atoms with Crippen LogP contribution in [0, 0.1) is 23.2 Å². The smallest absolute Gasteiger partial charge is 0.0836 e. The first kappa shape index (κ1) is 43.2. The summed E-state index contributed by atoms with van der Waals surface area (Å²) in [6.45, 7) is 39.3. The lowest BCUT2D eigenvalue weighted by Gasteiger charge is -2.54. The van der Waals surface area contributed by atoms with Crippen LogP contribution in [0.2, 0.25) is 0 Å². The van der Waals surface area contributed by atoms with Crippen molar-refractivity contribution in [1.29, 1.82) is 0 Å². The highest BCUT2D eigenvalue weighted by Crippen LogP contribution is 2.42. The van der Waals surface area contributed by atoms with Crippen LogP contribution in [0.5, 0.6) is 0 Å². The van der Waals surface area contributed by atoms with Crippen molar-refractivity contribution in [1.82, 2.24) is 35.6 Å². The zero-order valence-electron chi connectivity index (χ0n) is 36.8. The Kier molecular flexibility index (Phi) is 15.0. The monoisotopic (exact) mass is 758 g/mol. The molecule has 0 radical (unpaired) electrons. The van der Waals surface area contributed by atoms with Gasteiger partial charge in [-0.1, -0.05) is 13.8 Å². The first-order valence-corrected chi connectivity index (χ1v) is 23.0. The van der Waals surface area contributed by atoms with Gasteiger partial charge in [0.15, 0.2) is 0 Å². The van der Waals surface area contributed by atoms with Gasteiger partial charge in [0.05, 0.1) is 23.4 Å². The number of nitrogens with zero attached hydrogens (tertiary/aromatic N) is 4. The molecule has 0 bridgehead atoms. The quantitative estimate of drug-likeness (QED) is 0.196. The van der Waals surface area contributed by atoms with Gasteiger partial charge in [-0.3, -0.25) is 19.6 Å². The summed E-state index contributed by atoms with van der Waals surface area (Å²) in [5.41, 5.74) is 0.260. The molecule has 6 rings (SSSR count). The lowest BCUT2D eigenvalue weighted by molar-refractivity contribution is -0.148. The van der Waals surface area contributed by atoms with E-state index in [1.54, 1.807) is 0 Å². The molecule has 5 saturated heterocycles. The van der Waals surface area contributed by atoms with Crippen LogP contribution in [0.1, 0.15) is 127 Å². The first-order valence-electron chi connectivity index (χ1n) is 23.0. The second kappa shape index (κ2) is 18.7. The summed E-state index contributed by atoms with van der Waals surface area (Å²) < 4.78 is 13.6. The van der Waals surface area contributed by atoms with Crippen molar-refractivity contribution in [3.05, 3.63) is 0 Å². The van der Waals surface area contributed by atoms with Crippen molar-refractivity contribution in [3.63, 3.8) is 0 Å². The fraction of sp³-hybridized carbons (Fsp3) is 1.00. The number of rotatable bonds is 15. The molecule has 5 aliphatic heterocycles. The molecule has 0 aromatic rings. The van der Waals surface area contributed by atoms with Gasteiger partial charge in [0.25, 0.3) is 0 Å². The maximum absolute atomic E-state index is 6.79. The van der Waals surface area contributed by atoms with Crippen LogP contribution >= 0.6 is 0 Å². The second-order valence-corrected chi connectivity index (χ2v) is 21.9. The molecule has 1 aliphatic carbocycles. The lowest BCUT2D eigenvalue weighted by Crippen LogP contribution is -2.64. The molecule has 9 heteroatoms. The van der Waals surface area contributed by atoms with E-state index in [1.807, 2.05) is 0 Å². The zero-order valence-corrected chi connectivity index (χ0v) is 36.8. The van der Waals surface area contributed by atoms with Crippen molar-refractivity contribution in [2.45, 2.75) is 168 Å². The summed E-state index contributed by atoms with van der Waals surface area (Å²) in [6.07, 6.45) is 13.4. The highest BCUT2D eigenvalue weighted by Gasteiger charge is 2.45. The van der Waals surface area contributed by atoms with Gasteiger partial charge in [0, 0.05) is 89.6 Å². The Balaban J connectivity index is 1.09. The molecule has 6 aliphatic rings. The Bertz CT molecular complexity index is 1130. The average molecular weight is 758 g/mol. The minimum atomic E-state index is -0.0853. The number of likely N-dealkylation sites (tertiary alicyclic amines) is 1. The van der Waals surface area contributed by atoms with Gasteiger partial charge in [-0.2, -0.15) is 0 Å². The molecule has 5 heterocycles. The Labute approximate surface area is 333 Å². The third-order valence-electron chi connectivity index (χ3n) is 14.6. The van der Waals surface area contributed by atoms with Gasteiger partial charge in [0.2, 0.25) is 0 Å². The van der Waals surface area contributed by atoms with Gasteiger partial charge in [-0.15, -0.1) is 0 Å². The van der Waals surface area contributed by atoms with Crippen molar-refractivity contribution in [2.75, 3.05) is 98.2 Å². The molecule has 314 valence electrons. The predicted octanol–water partition coefficient (Wildman–Crippen LogP) is 5.68. The minimum Gasteiger partial charge on any atom is -0.373 e. The first-order chi connectivity index (χ1) is 25.5. The third-order valence-corrected chi connectivity index (χ3v) is 14.6. The number of piperidine rings is 2. The lowest BCUT2D eigenvalue weighted by atomic mass is 9.70. The van der Waals surface area contributed by atoms with Crippen molar-refractivity contribution >= 4 is 0 Å². The number of hydrogen-bond donors (Lipinski definition) is 3. The fourth-order valence-electron chi connectivity index (χ4n) is 11.5. The van der Waals surface area contributed by atoms with Crippen LogP contribution in [-0.4, -0.2) is 159 Å². The molecule has 2 unspecified atom stereocenters. The van der Waals surface area contributed by atoms with E-state index in [4.69, 9.17) is 9.47 Å². The summed E-state index contributed by atoms with van der Waals surface area (Å²) in [4.78, 5) is 11.4. The van der Waals surface area contributed by atoms with Gasteiger partial charge < -0.3 is 25.4 Å². The number of ether oxygens (including phenoxy) is 2. The fourth-order valence-corrected chi connectivity index (χ4v) is 11.5. The SMILES string of the molecule is C[C@H]1CNCCN1C[C@H]1CC[C@H](OC(C)(C)C)CC1CC1(C)CN(CC(C)(C)CCC(C)(C)OC2CN(C3CCNCC3)C2)CCN1CC1CCNCC1. The van der Waals surface area contributed by atoms with Gasteiger partial charge in [0.1, 0.15) is 0 Å². The Morgan fingerprint density at radius 1 is 0.704 bits per heavy atom. The van der Waals surface area contributed by atoms with Crippen LogP contribution in [0.3, 0.4) is 0 Å². The van der Waals surface area contributed by atoms with E-state index in [9.17, 15) is 0 Å².